The smallest absolute Gasteiger partial charge is 0.416 e. The van der Waals surface area contributed by atoms with Crippen molar-refractivity contribution in [2.75, 3.05) is 41.2 Å². The summed E-state index contributed by atoms with van der Waals surface area (Å²) in [5.74, 6) is -0.673. The second kappa shape index (κ2) is 9.41. The fourth-order valence-electron chi connectivity index (χ4n) is 12.6. The van der Waals surface area contributed by atoms with Crippen molar-refractivity contribution in [2.24, 2.45) is 34.5 Å². The van der Waals surface area contributed by atoms with E-state index in [1.54, 1.807) is 21.3 Å². The molecular formula is C33H42F3NO7. The Morgan fingerprint density at radius 3 is 2.61 bits per heavy atom. The van der Waals surface area contributed by atoms with Crippen LogP contribution in [0.3, 0.4) is 0 Å². The zero-order valence-corrected chi connectivity index (χ0v) is 25.9. The number of nitrogens with zero attached hydrogens (tertiary/aromatic N) is 1. The van der Waals surface area contributed by atoms with Crippen LogP contribution < -0.4 is 0 Å². The number of likely N-dealkylation sites (N-methyl/N-ethyl adjacent to an activating group) is 1. The molecule has 2 saturated heterocycles. The van der Waals surface area contributed by atoms with Crippen LogP contribution in [0.15, 0.2) is 24.3 Å². The van der Waals surface area contributed by atoms with Gasteiger partial charge < -0.3 is 28.4 Å². The summed E-state index contributed by atoms with van der Waals surface area (Å²) in [6.45, 7) is 6.06. The average Bonchev–Trinajstić information content (AvgIpc) is 3.59. The molecule has 13 atom stereocenters. The lowest BCUT2D eigenvalue weighted by Gasteiger charge is -2.69. The van der Waals surface area contributed by atoms with E-state index in [1.807, 2.05) is 0 Å². The van der Waals surface area contributed by atoms with Gasteiger partial charge in [0.05, 0.1) is 35.5 Å². The highest BCUT2D eigenvalue weighted by Gasteiger charge is 2.94. The molecule has 7 fully saturated rings. The van der Waals surface area contributed by atoms with Gasteiger partial charge in [-0.2, -0.15) is 13.2 Å². The number of piperidine rings is 1. The first kappa shape index (κ1) is 29.6. The zero-order valence-electron chi connectivity index (χ0n) is 25.9. The van der Waals surface area contributed by atoms with E-state index in [-0.39, 0.29) is 65.8 Å². The molecule has 242 valence electrons. The van der Waals surface area contributed by atoms with Gasteiger partial charge >= 0.3 is 12.1 Å². The van der Waals surface area contributed by atoms with Crippen molar-refractivity contribution in [3.63, 3.8) is 0 Å². The summed E-state index contributed by atoms with van der Waals surface area (Å²) < 4.78 is 80.5. The molecule has 0 unspecified atom stereocenters. The topological polar surface area (TPSA) is 75.7 Å². The van der Waals surface area contributed by atoms with Crippen LogP contribution in [0.4, 0.5) is 13.2 Å². The standard InChI is InChI=1S/C33H42F3NO7/c1-6-37-15-29(2)11-10-22(40-4)31-20-13-19-21(39-3)14-30(23(20)24(19)41-5)32(28(31)37,43-16-42-30)26(25(29)31)44-27(38)17-8-7-9-18(12-17)33(34,35)36/h7-9,12,19-26,28H,6,10-11,13-16H2,1-5H3/t19-,20-,21+,22+,23-,24+,25-,26+,28-,29+,30-,31+,32+/m1/s1. The third-order valence-corrected chi connectivity index (χ3v) is 13.5. The highest BCUT2D eigenvalue weighted by atomic mass is 19.4. The van der Waals surface area contributed by atoms with E-state index in [0.717, 1.165) is 44.5 Å². The number of esters is 1. The van der Waals surface area contributed by atoms with Crippen molar-refractivity contribution in [3.05, 3.63) is 35.4 Å². The third-order valence-electron chi connectivity index (χ3n) is 13.5. The van der Waals surface area contributed by atoms with E-state index in [0.29, 0.717) is 6.42 Å². The van der Waals surface area contributed by atoms with E-state index in [9.17, 15) is 18.0 Å². The minimum Gasteiger partial charge on any atom is -0.455 e. The number of fused-ring (bicyclic) bond motifs is 1. The van der Waals surface area contributed by atoms with Crippen molar-refractivity contribution in [1.82, 2.24) is 4.90 Å². The fourth-order valence-corrected chi connectivity index (χ4v) is 12.6. The number of hydrogen-bond donors (Lipinski definition) is 0. The number of alkyl halides is 3. The number of methoxy groups -OCH3 is 3. The van der Waals surface area contributed by atoms with Crippen molar-refractivity contribution in [1.29, 1.82) is 0 Å². The SMILES string of the molecule is CCN1C[C@]2(C)CC[C@H](OC)[C@]34[C@@H]5C[C@H]6[C@H](OC)[C@@H]5[C@@]5(C[C@@H]6OC)OCO[C@]5([C@H]13)[C@@H](OC(=O)c1cccc(C(F)(F)F)c1)[C@H]24. The lowest BCUT2D eigenvalue weighted by atomic mass is 9.43. The lowest BCUT2D eigenvalue weighted by molar-refractivity contribution is -0.282. The summed E-state index contributed by atoms with van der Waals surface area (Å²) in [6.07, 6.45) is -2.59. The molecule has 0 amide bonds. The number of rotatable bonds is 6. The van der Waals surface area contributed by atoms with Gasteiger partial charge in [-0.25, -0.2) is 4.79 Å². The van der Waals surface area contributed by atoms with Crippen LogP contribution in [0, 0.1) is 34.5 Å². The Morgan fingerprint density at radius 1 is 1.14 bits per heavy atom. The molecule has 5 aliphatic carbocycles. The Hall–Kier alpha value is -1.76. The molecule has 3 spiro atoms. The second-order valence-electron chi connectivity index (χ2n) is 14.6. The quantitative estimate of drug-likeness (QED) is 0.429. The second-order valence-corrected chi connectivity index (χ2v) is 14.6. The van der Waals surface area contributed by atoms with E-state index < -0.39 is 40.4 Å². The van der Waals surface area contributed by atoms with Crippen molar-refractivity contribution >= 4 is 5.97 Å². The largest absolute Gasteiger partial charge is 0.455 e. The Morgan fingerprint density at radius 2 is 1.93 bits per heavy atom. The molecule has 0 radical (unpaired) electrons. The molecule has 1 aromatic rings. The number of ether oxygens (including phenoxy) is 6. The predicted octanol–water partition coefficient (Wildman–Crippen LogP) is 4.55. The number of halogens is 3. The minimum atomic E-state index is -4.58. The molecule has 44 heavy (non-hydrogen) atoms. The maximum atomic E-state index is 14.1. The van der Waals surface area contributed by atoms with Gasteiger partial charge in [0.15, 0.2) is 5.60 Å². The van der Waals surface area contributed by atoms with E-state index in [4.69, 9.17) is 28.4 Å². The monoisotopic (exact) mass is 621 g/mol. The van der Waals surface area contributed by atoms with Crippen LogP contribution in [-0.4, -0.2) is 93.7 Å². The first-order valence-corrected chi connectivity index (χ1v) is 16.0. The molecule has 1 aromatic carbocycles. The van der Waals surface area contributed by atoms with Gasteiger partial charge in [0.25, 0.3) is 0 Å². The van der Waals surface area contributed by atoms with E-state index in [2.05, 4.69) is 18.7 Å². The number of carbonyl (C=O) groups excluding carboxylic acids is 1. The summed E-state index contributed by atoms with van der Waals surface area (Å²) in [4.78, 5) is 16.6. The minimum absolute atomic E-state index is 0.0313. The van der Waals surface area contributed by atoms with Crippen molar-refractivity contribution < 1.29 is 46.4 Å². The predicted molar refractivity (Wildman–Crippen MR) is 150 cm³/mol. The first-order chi connectivity index (χ1) is 21.0. The highest BCUT2D eigenvalue weighted by Crippen LogP contribution is 2.82. The Balaban J connectivity index is 1.37. The summed E-state index contributed by atoms with van der Waals surface area (Å²) in [7, 11) is 5.27. The molecule has 5 saturated carbocycles. The van der Waals surface area contributed by atoms with Gasteiger partial charge in [0, 0.05) is 57.5 Å². The Labute approximate surface area is 255 Å². The average molecular weight is 622 g/mol. The Kier molecular flexibility index (Phi) is 6.34. The fraction of sp³-hybridized carbons (Fsp3) is 0.788. The van der Waals surface area contributed by atoms with Gasteiger partial charge in [0.1, 0.15) is 18.5 Å². The molecule has 7 bridgehead atoms. The van der Waals surface area contributed by atoms with Gasteiger partial charge in [-0.1, -0.05) is 19.9 Å². The highest BCUT2D eigenvalue weighted by molar-refractivity contribution is 5.90. The molecule has 0 N–H and O–H groups in total. The molecule has 7 aliphatic rings. The first-order valence-electron chi connectivity index (χ1n) is 16.0. The van der Waals surface area contributed by atoms with Gasteiger partial charge in [-0.05, 0) is 55.3 Å². The molecule has 2 aliphatic heterocycles. The van der Waals surface area contributed by atoms with E-state index in [1.165, 1.54) is 12.1 Å². The van der Waals surface area contributed by atoms with E-state index >= 15 is 0 Å². The van der Waals surface area contributed by atoms with Crippen LogP contribution in [0.1, 0.15) is 55.5 Å². The van der Waals surface area contributed by atoms with Crippen LogP contribution in [0.25, 0.3) is 0 Å². The number of carbonyl (C=O) groups is 1. The van der Waals surface area contributed by atoms with Crippen LogP contribution >= 0.6 is 0 Å². The molecular weight excluding hydrogens is 579 g/mol. The summed E-state index contributed by atoms with van der Waals surface area (Å²) in [6, 6.07) is 4.32. The summed E-state index contributed by atoms with van der Waals surface area (Å²) >= 11 is 0. The van der Waals surface area contributed by atoms with Crippen LogP contribution in [-0.2, 0) is 34.6 Å². The van der Waals surface area contributed by atoms with Crippen LogP contribution in [0.2, 0.25) is 0 Å². The molecule has 2 heterocycles. The number of benzene rings is 1. The van der Waals surface area contributed by atoms with Crippen LogP contribution in [0.5, 0.6) is 0 Å². The maximum absolute atomic E-state index is 14.1. The summed E-state index contributed by atoms with van der Waals surface area (Å²) in [5, 5.41) is 0. The number of likely N-dealkylation sites (tertiary alicyclic amines) is 1. The third kappa shape index (κ3) is 3.20. The molecule has 0 aromatic heterocycles. The Bertz CT molecular complexity index is 1360. The van der Waals surface area contributed by atoms with Crippen molar-refractivity contribution in [2.45, 2.75) is 87.4 Å². The van der Waals surface area contributed by atoms with Gasteiger partial charge in [0.2, 0.25) is 0 Å². The summed E-state index contributed by atoms with van der Waals surface area (Å²) in [5.41, 5.74) is -3.69. The number of hydrogen-bond acceptors (Lipinski definition) is 8. The van der Waals surface area contributed by atoms with Crippen molar-refractivity contribution in [3.8, 4) is 0 Å². The molecule has 8 rings (SSSR count). The molecule has 8 nitrogen and oxygen atoms in total. The zero-order chi connectivity index (χ0) is 31.0. The lowest BCUT2D eigenvalue weighted by Crippen LogP contribution is -2.81. The van der Waals surface area contributed by atoms with Gasteiger partial charge in [-0.3, -0.25) is 4.90 Å². The molecule has 11 heteroatoms. The normalized spacial score (nSPS) is 50.0. The van der Waals surface area contributed by atoms with Gasteiger partial charge in [-0.15, -0.1) is 0 Å². The maximum Gasteiger partial charge on any atom is 0.416 e.